The third kappa shape index (κ3) is 4.63. The van der Waals surface area contributed by atoms with Crippen LogP contribution >= 0.6 is 11.6 Å². The van der Waals surface area contributed by atoms with Crippen molar-refractivity contribution >= 4 is 65.6 Å². The maximum atomic E-state index is 13.1. The number of halogens is 1. The number of fused-ring (bicyclic) bond motifs is 2. The van der Waals surface area contributed by atoms with Gasteiger partial charge in [-0.1, -0.05) is 29.8 Å². The summed E-state index contributed by atoms with van der Waals surface area (Å²) in [6.45, 7) is -0.170. The molecule has 1 amide bonds. The molecule has 0 saturated heterocycles. The zero-order valence-corrected chi connectivity index (χ0v) is 20.0. The first-order chi connectivity index (χ1) is 16.6. The quantitative estimate of drug-likeness (QED) is 0.339. The molecule has 180 valence electrons. The van der Waals surface area contributed by atoms with Gasteiger partial charge in [0.1, 0.15) is 11.3 Å². The van der Waals surface area contributed by atoms with Crippen LogP contribution in [0.4, 0.5) is 17.1 Å². The molecule has 0 aliphatic carbocycles. The predicted octanol–water partition coefficient (Wildman–Crippen LogP) is 4.02. The highest BCUT2D eigenvalue weighted by molar-refractivity contribution is 7.93. The van der Waals surface area contributed by atoms with Crippen LogP contribution in [0.15, 0.2) is 81.1 Å². The molecule has 0 atom stereocenters. The molecule has 3 N–H and O–H groups in total. The Hall–Kier alpha value is -3.74. The first-order valence-corrected chi connectivity index (χ1v) is 13.4. The minimum absolute atomic E-state index is 0.0768. The second kappa shape index (κ2) is 8.48. The second-order valence-electron chi connectivity index (χ2n) is 7.50. The van der Waals surface area contributed by atoms with Gasteiger partial charge in [-0.3, -0.25) is 14.2 Å². The monoisotopic (exact) mass is 533 g/mol. The summed E-state index contributed by atoms with van der Waals surface area (Å²) in [6.07, 6.45) is 0. The predicted molar refractivity (Wildman–Crippen MR) is 130 cm³/mol. The van der Waals surface area contributed by atoms with E-state index in [9.17, 15) is 21.6 Å². The Bertz CT molecular complexity index is 1670. The van der Waals surface area contributed by atoms with Crippen molar-refractivity contribution < 1.29 is 30.8 Å². The first kappa shape index (κ1) is 23.0. The van der Waals surface area contributed by atoms with Crippen LogP contribution in [-0.4, -0.2) is 29.3 Å². The molecular formula is C22H16ClN3O7S2. The molecule has 0 fully saturated rings. The van der Waals surface area contributed by atoms with Gasteiger partial charge in [0.25, 0.3) is 26.0 Å². The highest BCUT2D eigenvalue weighted by Gasteiger charge is 2.25. The summed E-state index contributed by atoms with van der Waals surface area (Å²) < 4.78 is 67.5. The fourth-order valence-electron chi connectivity index (χ4n) is 3.41. The van der Waals surface area contributed by atoms with Crippen LogP contribution in [0, 0.1) is 0 Å². The Morgan fingerprint density at radius 3 is 2.43 bits per heavy atom. The van der Waals surface area contributed by atoms with Gasteiger partial charge in [-0.15, -0.1) is 0 Å². The van der Waals surface area contributed by atoms with Crippen LogP contribution in [0.3, 0.4) is 0 Å². The minimum atomic E-state index is -4.23. The number of sulfonamides is 2. The van der Waals surface area contributed by atoms with E-state index in [0.717, 1.165) is 0 Å². The summed E-state index contributed by atoms with van der Waals surface area (Å²) in [5, 5.41) is 2.95. The third-order valence-electron chi connectivity index (χ3n) is 5.03. The molecule has 0 spiro atoms. The molecule has 3 aromatic carbocycles. The number of rotatable bonds is 6. The minimum Gasteiger partial charge on any atom is -0.482 e. The zero-order chi connectivity index (χ0) is 24.8. The summed E-state index contributed by atoms with van der Waals surface area (Å²) >= 11 is 6.05. The lowest BCUT2D eigenvalue weighted by molar-refractivity contribution is -0.118. The molecule has 1 aromatic heterocycles. The van der Waals surface area contributed by atoms with Crippen LogP contribution in [0.2, 0.25) is 5.02 Å². The lowest BCUT2D eigenvalue weighted by Gasteiger charge is -2.19. The number of amides is 1. The molecular weight excluding hydrogens is 518 g/mol. The molecule has 5 rings (SSSR count). The van der Waals surface area contributed by atoms with E-state index < -0.39 is 26.0 Å². The molecule has 1 aliphatic rings. The fraction of sp³-hybridized carbons (Fsp3) is 0.0455. The maximum Gasteiger partial charge on any atom is 0.295 e. The number of hydrogen-bond donors (Lipinski definition) is 3. The molecule has 0 saturated carbocycles. The van der Waals surface area contributed by atoms with Crippen molar-refractivity contribution in [2.24, 2.45) is 0 Å². The Morgan fingerprint density at radius 1 is 0.857 bits per heavy atom. The molecule has 4 aromatic rings. The van der Waals surface area contributed by atoms with E-state index in [-0.39, 0.29) is 38.7 Å². The summed E-state index contributed by atoms with van der Waals surface area (Å²) in [5.41, 5.74) is 0.387. The average Bonchev–Trinajstić information content (AvgIpc) is 3.26. The average molecular weight is 534 g/mol. The van der Waals surface area contributed by atoms with Crippen molar-refractivity contribution in [3.63, 3.8) is 0 Å². The lowest BCUT2D eigenvalue weighted by Crippen LogP contribution is -2.25. The Labute approximate surface area is 204 Å². The van der Waals surface area contributed by atoms with Gasteiger partial charge >= 0.3 is 0 Å². The molecule has 1 aliphatic heterocycles. The Morgan fingerprint density at radius 2 is 1.63 bits per heavy atom. The second-order valence-corrected chi connectivity index (χ2v) is 11.2. The van der Waals surface area contributed by atoms with E-state index in [1.807, 2.05) is 0 Å². The highest BCUT2D eigenvalue weighted by atomic mass is 35.5. The van der Waals surface area contributed by atoms with Crippen molar-refractivity contribution in [3.05, 3.63) is 71.8 Å². The SMILES string of the molecule is O=C1COc2ccc(S(=O)(=O)Nc3ccc(Cl)cc3NS(=O)(=O)c3cc4ccccc4o3)cc2N1. The largest absolute Gasteiger partial charge is 0.482 e. The van der Waals surface area contributed by atoms with Crippen molar-refractivity contribution in [2.75, 3.05) is 21.4 Å². The number of nitrogens with one attached hydrogen (secondary N) is 3. The number of benzene rings is 3. The fourth-order valence-corrected chi connectivity index (χ4v) is 5.73. The molecule has 35 heavy (non-hydrogen) atoms. The number of ether oxygens (including phenoxy) is 1. The van der Waals surface area contributed by atoms with Crippen molar-refractivity contribution in [3.8, 4) is 5.75 Å². The Balaban J connectivity index is 1.47. The number of carbonyl (C=O) groups is 1. The third-order valence-corrected chi connectivity index (χ3v) is 7.85. The van der Waals surface area contributed by atoms with Gasteiger partial charge in [-0.05, 0) is 42.5 Å². The molecule has 0 unspecified atom stereocenters. The normalized spacial score (nSPS) is 13.6. The topological polar surface area (TPSA) is 144 Å². The number of carbonyl (C=O) groups excluding carboxylic acids is 1. The van der Waals surface area contributed by atoms with E-state index in [2.05, 4.69) is 14.8 Å². The first-order valence-electron chi connectivity index (χ1n) is 10.0. The van der Waals surface area contributed by atoms with E-state index in [1.54, 1.807) is 24.3 Å². The lowest BCUT2D eigenvalue weighted by atomic mass is 10.2. The van der Waals surface area contributed by atoms with Gasteiger partial charge in [0.05, 0.1) is 22.0 Å². The molecule has 0 radical (unpaired) electrons. The van der Waals surface area contributed by atoms with E-state index >= 15 is 0 Å². The molecule has 13 heteroatoms. The summed E-state index contributed by atoms with van der Waals surface area (Å²) in [5.74, 6) is -0.0886. The molecule has 10 nitrogen and oxygen atoms in total. The number of anilines is 3. The van der Waals surface area contributed by atoms with Gasteiger partial charge < -0.3 is 14.5 Å². The van der Waals surface area contributed by atoms with Gasteiger partial charge in [-0.25, -0.2) is 8.42 Å². The van der Waals surface area contributed by atoms with Gasteiger partial charge in [0.15, 0.2) is 6.61 Å². The van der Waals surface area contributed by atoms with Crippen molar-refractivity contribution in [2.45, 2.75) is 9.99 Å². The van der Waals surface area contributed by atoms with Gasteiger partial charge in [0.2, 0.25) is 5.09 Å². The van der Waals surface area contributed by atoms with Crippen LogP contribution in [0.5, 0.6) is 5.75 Å². The van der Waals surface area contributed by atoms with Crippen LogP contribution in [-0.2, 0) is 24.8 Å². The smallest absolute Gasteiger partial charge is 0.295 e. The van der Waals surface area contributed by atoms with Crippen LogP contribution in [0.1, 0.15) is 0 Å². The van der Waals surface area contributed by atoms with Crippen molar-refractivity contribution in [1.29, 1.82) is 0 Å². The maximum absolute atomic E-state index is 13.1. The van der Waals surface area contributed by atoms with Crippen LogP contribution in [0.25, 0.3) is 11.0 Å². The van der Waals surface area contributed by atoms with Gasteiger partial charge in [0, 0.05) is 16.5 Å². The summed E-state index contributed by atoms with van der Waals surface area (Å²) in [4.78, 5) is 11.4. The molecule has 2 heterocycles. The van der Waals surface area contributed by atoms with E-state index in [1.165, 1.54) is 42.5 Å². The van der Waals surface area contributed by atoms with E-state index in [4.69, 9.17) is 20.8 Å². The zero-order valence-electron chi connectivity index (χ0n) is 17.6. The van der Waals surface area contributed by atoms with Crippen molar-refractivity contribution in [1.82, 2.24) is 0 Å². The van der Waals surface area contributed by atoms with Gasteiger partial charge in [-0.2, -0.15) is 8.42 Å². The standard InChI is InChI=1S/C22H16ClN3O7S2/c23-14-5-7-16(25-34(28,29)15-6-8-20-18(11-15)24-21(27)12-32-20)17(10-14)26-35(30,31)22-9-13-3-1-2-4-19(13)33-22/h1-11,25-26H,12H2,(H,24,27). The Kier molecular flexibility index (Phi) is 5.58. The summed E-state index contributed by atoms with van der Waals surface area (Å²) in [7, 11) is -8.43. The summed E-state index contributed by atoms with van der Waals surface area (Å²) in [6, 6.07) is 16.1. The molecule has 0 bridgehead atoms. The highest BCUT2D eigenvalue weighted by Crippen LogP contribution is 2.34. The van der Waals surface area contributed by atoms with E-state index in [0.29, 0.717) is 16.7 Å². The number of hydrogen-bond acceptors (Lipinski definition) is 7. The number of furan rings is 1. The van der Waals surface area contributed by atoms with Crippen LogP contribution < -0.4 is 19.5 Å². The number of para-hydroxylation sites is 1.